The molecule has 2 aromatic rings. The number of nitrogen functional groups attached to an aromatic ring is 1. The molecule has 0 saturated carbocycles. The third-order valence-corrected chi connectivity index (χ3v) is 9.30. The number of epoxide rings is 1. The molecule has 1 saturated heterocycles. The van der Waals surface area contributed by atoms with Crippen LogP contribution in [0.2, 0.25) is 0 Å². The Balaban J connectivity index is 1.67. The van der Waals surface area contributed by atoms with Gasteiger partial charge in [0.1, 0.15) is 11.9 Å². The van der Waals surface area contributed by atoms with Gasteiger partial charge in [-0.05, 0) is 56.8 Å². The highest BCUT2D eigenvalue weighted by Gasteiger charge is 2.85. The number of unbranched alkanes of at least 4 members (excludes halogenated alkanes) is 1. The van der Waals surface area contributed by atoms with Crippen LogP contribution in [0.25, 0.3) is 0 Å². The van der Waals surface area contributed by atoms with Crippen LogP contribution >= 0.6 is 0 Å². The van der Waals surface area contributed by atoms with Gasteiger partial charge in [0.2, 0.25) is 5.78 Å². The maximum Gasteiger partial charge on any atom is 0.350 e. The zero-order valence-corrected chi connectivity index (χ0v) is 28.5. The van der Waals surface area contributed by atoms with Gasteiger partial charge >= 0.3 is 5.97 Å². The van der Waals surface area contributed by atoms with Gasteiger partial charge in [0, 0.05) is 49.9 Å². The summed E-state index contributed by atoms with van der Waals surface area (Å²) in [6, 6.07) is 9.73. The van der Waals surface area contributed by atoms with Crippen LogP contribution in [0.4, 0.5) is 5.82 Å². The van der Waals surface area contributed by atoms with Crippen LogP contribution in [-0.2, 0) is 14.3 Å². The Morgan fingerprint density at radius 2 is 1.88 bits per heavy atom. The van der Waals surface area contributed by atoms with Gasteiger partial charge in [0.15, 0.2) is 17.3 Å². The number of esters is 1. The normalized spacial score (nSPS) is 22.4. The molecule has 0 bridgehead atoms. The van der Waals surface area contributed by atoms with Crippen LogP contribution in [0, 0.1) is 5.92 Å². The van der Waals surface area contributed by atoms with Crippen molar-refractivity contribution in [2.45, 2.75) is 89.1 Å². The standard InChI is InChI=1S/C36H50N6O6/c1-5-7-11-25(22-40-6-2)29(14-10-19-43)47-33(46)36-32(45)27-13-9-8-12-26(27)31(44)35(36,48-36)17-15-23(3)20-28(42-34(38)39-4)24-16-18-41-30(37)21-24/h8-9,12-13,15-16,18,21,25,28-29,40,43H,5-7,10-11,14,17,19-20,22H2,1-4H3,(H2,37,41)(H3,38,39,42)/b23-15+/t25-,28-,29+,35+,36+/m1/s1. The maximum atomic E-state index is 14.3. The van der Waals surface area contributed by atoms with Crippen LogP contribution in [0.3, 0.4) is 0 Å². The predicted octanol–water partition coefficient (Wildman–Crippen LogP) is 3.65. The van der Waals surface area contributed by atoms with Crippen LogP contribution in [0.15, 0.2) is 59.2 Å². The number of anilines is 1. The number of nitrogens with two attached hydrogens (primary N) is 2. The average Bonchev–Trinajstić information content (AvgIpc) is 3.80. The molecule has 12 heteroatoms. The number of benzene rings is 1. The first-order valence-electron chi connectivity index (χ1n) is 16.9. The number of aliphatic hydroxyl groups excluding tert-OH is 1. The molecule has 12 nitrogen and oxygen atoms in total. The molecule has 1 aliphatic carbocycles. The number of nitrogens with zero attached hydrogens (tertiary/aromatic N) is 2. The average molecular weight is 663 g/mol. The lowest BCUT2D eigenvalue weighted by Gasteiger charge is -2.30. The van der Waals surface area contributed by atoms with Gasteiger partial charge in [-0.15, -0.1) is 0 Å². The fourth-order valence-electron chi connectivity index (χ4n) is 6.56. The number of rotatable bonds is 18. The Labute approximate surface area is 282 Å². The molecule has 4 rings (SSSR count). The lowest BCUT2D eigenvalue weighted by molar-refractivity contribution is -0.157. The number of carbonyl (C=O) groups excluding carboxylic acids is 3. The molecular weight excluding hydrogens is 612 g/mol. The molecule has 0 unspecified atom stereocenters. The van der Waals surface area contributed by atoms with Gasteiger partial charge in [-0.2, -0.15) is 0 Å². The molecular formula is C36H50N6O6. The molecule has 7 N–H and O–H groups in total. The van der Waals surface area contributed by atoms with E-state index in [0.29, 0.717) is 31.6 Å². The first kappa shape index (κ1) is 36.7. The molecule has 1 aromatic carbocycles. The molecule has 2 heterocycles. The van der Waals surface area contributed by atoms with E-state index in [2.05, 4.69) is 27.5 Å². The highest BCUT2D eigenvalue weighted by atomic mass is 16.7. The summed E-state index contributed by atoms with van der Waals surface area (Å²) < 4.78 is 12.3. The van der Waals surface area contributed by atoms with E-state index in [1.807, 2.05) is 26.0 Å². The molecule has 0 radical (unpaired) electrons. The van der Waals surface area contributed by atoms with E-state index in [9.17, 15) is 19.5 Å². The fourth-order valence-corrected chi connectivity index (χ4v) is 6.56. The summed E-state index contributed by atoms with van der Waals surface area (Å²) in [6.07, 6.45) is 6.83. The van der Waals surface area contributed by atoms with Crippen LogP contribution in [0.5, 0.6) is 0 Å². The highest BCUT2D eigenvalue weighted by molar-refractivity contribution is 6.32. The lowest BCUT2D eigenvalue weighted by atomic mass is 9.72. The van der Waals surface area contributed by atoms with Crippen molar-refractivity contribution in [3.05, 3.63) is 70.9 Å². The zero-order chi connectivity index (χ0) is 34.9. The Morgan fingerprint density at radius 1 is 1.15 bits per heavy atom. The summed E-state index contributed by atoms with van der Waals surface area (Å²) in [7, 11) is 1.58. The molecule has 0 spiro atoms. The first-order chi connectivity index (χ1) is 23.1. The maximum absolute atomic E-state index is 14.3. The minimum absolute atomic E-state index is 0.0205. The number of Topliss-reactive ketones (excluding diaryl/α,β-unsaturated/α-hetero) is 2. The van der Waals surface area contributed by atoms with Crippen molar-refractivity contribution in [3.8, 4) is 0 Å². The number of ketones is 2. The number of hydrogen-bond donors (Lipinski definition) is 5. The summed E-state index contributed by atoms with van der Waals surface area (Å²) in [4.78, 5) is 50.7. The van der Waals surface area contributed by atoms with Gasteiger partial charge in [-0.3, -0.25) is 14.6 Å². The number of fused-ring (bicyclic) bond motifs is 2. The number of nitrogens with one attached hydrogen (secondary N) is 2. The molecule has 48 heavy (non-hydrogen) atoms. The quantitative estimate of drug-likeness (QED) is 0.0390. The Kier molecular flexibility index (Phi) is 12.5. The van der Waals surface area contributed by atoms with E-state index >= 15 is 0 Å². The Hall–Kier alpha value is -4.13. The highest BCUT2D eigenvalue weighted by Crippen LogP contribution is 2.58. The molecule has 1 aromatic heterocycles. The van der Waals surface area contributed by atoms with E-state index in [1.165, 1.54) is 0 Å². The molecule has 1 aliphatic heterocycles. The largest absolute Gasteiger partial charge is 0.459 e. The number of carbonyl (C=O) groups is 3. The van der Waals surface area contributed by atoms with E-state index in [0.717, 1.165) is 36.9 Å². The van der Waals surface area contributed by atoms with E-state index in [-0.39, 0.29) is 42.1 Å². The van der Waals surface area contributed by atoms with Gasteiger partial charge in [-0.1, -0.05) is 62.6 Å². The van der Waals surface area contributed by atoms with Gasteiger partial charge < -0.3 is 36.7 Å². The number of aliphatic imine (C=N–C) groups is 1. The van der Waals surface area contributed by atoms with E-state index in [1.54, 1.807) is 43.6 Å². The summed E-state index contributed by atoms with van der Waals surface area (Å²) in [5.41, 5.74) is 10.2. The first-order valence-corrected chi connectivity index (χ1v) is 16.9. The summed E-state index contributed by atoms with van der Waals surface area (Å²) in [5, 5.41) is 16.2. The molecule has 5 atom stereocenters. The molecule has 1 fully saturated rings. The minimum atomic E-state index is -2.10. The number of guanidine groups is 1. The third-order valence-electron chi connectivity index (χ3n) is 9.30. The van der Waals surface area contributed by atoms with Crippen molar-refractivity contribution >= 4 is 29.3 Å². The number of ether oxygens (including phenoxy) is 2. The number of aromatic nitrogens is 1. The van der Waals surface area contributed by atoms with Crippen LogP contribution in [0.1, 0.15) is 98.0 Å². The minimum Gasteiger partial charge on any atom is -0.459 e. The van der Waals surface area contributed by atoms with Gasteiger partial charge in [0.05, 0.1) is 6.04 Å². The van der Waals surface area contributed by atoms with Crippen molar-refractivity contribution in [1.29, 1.82) is 0 Å². The fraction of sp³-hybridized carbons (Fsp3) is 0.528. The van der Waals surface area contributed by atoms with E-state index in [4.69, 9.17) is 20.9 Å². The van der Waals surface area contributed by atoms with Crippen molar-refractivity contribution in [3.63, 3.8) is 0 Å². The lowest BCUT2D eigenvalue weighted by Crippen LogP contribution is -2.51. The van der Waals surface area contributed by atoms with Crippen molar-refractivity contribution < 1.29 is 29.0 Å². The Bertz CT molecular complexity index is 1520. The van der Waals surface area contributed by atoms with Crippen LogP contribution < -0.4 is 22.1 Å². The number of hydrogen-bond acceptors (Lipinski definition) is 10. The monoisotopic (exact) mass is 662 g/mol. The van der Waals surface area contributed by atoms with Crippen LogP contribution in [-0.4, -0.2) is 77.6 Å². The second-order valence-corrected chi connectivity index (χ2v) is 12.6. The van der Waals surface area contributed by atoms with Crippen molar-refractivity contribution in [2.24, 2.45) is 16.6 Å². The SMILES string of the molecule is CCCC[C@H](CNCC)[C@H](CCCO)OC(=O)[C@]12O[C@@]1(C/C=C(\C)C[C@@H](NC(N)=NC)c1ccnc(N)c1)C(=O)c1ccccc1C2=O. The molecule has 0 amide bonds. The summed E-state index contributed by atoms with van der Waals surface area (Å²) in [6.45, 7) is 7.30. The summed E-state index contributed by atoms with van der Waals surface area (Å²) >= 11 is 0. The smallest absolute Gasteiger partial charge is 0.350 e. The summed E-state index contributed by atoms with van der Waals surface area (Å²) in [5.74, 6) is -1.32. The van der Waals surface area contributed by atoms with Crippen molar-refractivity contribution in [1.82, 2.24) is 15.6 Å². The van der Waals surface area contributed by atoms with Crippen molar-refractivity contribution in [2.75, 3.05) is 32.5 Å². The Morgan fingerprint density at radius 3 is 2.52 bits per heavy atom. The van der Waals surface area contributed by atoms with Gasteiger partial charge in [0.25, 0.3) is 5.60 Å². The second kappa shape index (κ2) is 16.3. The number of pyridine rings is 1. The number of aliphatic hydroxyl groups is 1. The zero-order valence-electron chi connectivity index (χ0n) is 28.5. The van der Waals surface area contributed by atoms with Gasteiger partial charge in [-0.25, -0.2) is 9.78 Å². The molecule has 260 valence electrons. The second-order valence-electron chi connectivity index (χ2n) is 12.6. The van der Waals surface area contributed by atoms with E-state index < -0.39 is 34.8 Å². The topological polar surface area (TPSA) is 195 Å². The third kappa shape index (κ3) is 7.61. The predicted molar refractivity (Wildman–Crippen MR) is 184 cm³/mol. The molecule has 2 aliphatic rings.